The van der Waals surface area contributed by atoms with Crippen LogP contribution in [0.4, 0.5) is 0 Å². The van der Waals surface area contributed by atoms with Gasteiger partial charge >= 0.3 is 0 Å². The first-order chi connectivity index (χ1) is 10.6. The van der Waals surface area contributed by atoms with E-state index in [1.165, 1.54) is 5.56 Å². The van der Waals surface area contributed by atoms with E-state index in [9.17, 15) is 4.79 Å². The molecule has 1 heterocycles. The molecule has 2 aromatic rings. The van der Waals surface area contributed by atoms with Crippen LogP contribution in [-0.2, 0) is 17.6 Å². The van der Waals surface area contributed by atoms with Crippen LogP contribution in [0.3, 0.4) is 0 Å². The molecule has 1 aromatic heterocycles. The van der Waals surface area contributed by atoms with Crippen LogP contribution in [0.15, 0.2) is 24.4 Å². The number of nitrogens with zero attached hydrogens (tertiary/aromatic N) is 1. The molecule has 1 atom stereocenters. The third-order valence-corrected chi connectivity index (χ3v) is 4.30. The Hall–Kier alpha value is -2.30. The lowest BCUT2D eigenvalue weighted by atomic mass is 9.94. The standard InChI is InChI=1S/C17H21N3O2/c1-11-4-3-5-16(12(11)2)22-10-17(21)19-14-7-6-13-9-18-20-15(13)8-14/h3-5,9,14H,6-8,10H2,1-2H3,(H,18,20)(H,19,21). The van der Waals surface area contributed by atoms with E-state index >= 15 is 0 Å². The summed E-state index contributed by atoms with van der Waals surface area (Å²) in [4.78, 5) is 12.1. The first kappa shape index (κ1) is 14.6. The Morgan fingerprint density at radius 1 is 1.45 bits per heavy atom. The summed E-state index contributed by atoms with van der Waals surface area (Å²) in [6.45, 7) is 4.09. The maximum Gasteiger partial charge on any atom is 0.258 e. The molecule has 1 amide bonds. The van der Waals surface area contributed by atoms with Crippen LogP contribution in [0, 0.1) is 13.8 Å². The van der Waals surface area contributed by atoms with Gasteiger partial charge in [0.15, 0.2) is 6.61 Å². The second-order valence-corrected chi connectivity index (χ2v) is 5.87. The van der Waals surface area contributed by atoms with Crippen molar-refractivity contribution in [3.05, 3.63) is 46.8 Å². The van der Waals surface area contributed by atoms with Gasteiger partial charge in [0, 0.05) is 18.2 Å². The highest BCUT2D eigenvalue weighted by molar-refractivity contribution is 5.78. The SMILES string of the molecule is Cc1cccc(OCC(=O)NC2CCc3cn[nH]c3C2)c1C. The van der Waals surface area contributed by atoms with Crippen molar-refractivity contribution in [2.75, 3.05) is 6.61 Å². The van der Waals surface area contributed by atoms with Gasteiger partial charge in [-0.05, 0) is 49.4 Å². The Labute approximate surface area is 130 Å². The highest BCUT2D eigenvalue weighted by atomic mass is 16.5. The third-order valence-electron chi connectivity index (χ3n) is 4.30. The molecule has 22 heavy (non-hydrogen) atoms. The van der Waals surface area contributed by atoms with Gasteiger partial charge < -0.3 is 10.1 Å². The summed E-state index contributed by atoms with van der Waals surface area (Å²) >= 11 is 0. The molecule has 0 radical (unpaired) electrons. The maximum absolute atomic E-state index is 12.1. The van der Waals surface area contributed by atoms with E-state index in [1.54, 1.807) is 0 Å². The number of nitrogens with one attached hydrogen (secondary N) is 2. The predicted octanol–water partition coefficient (Wildman–Crippen LogP) is 2.08. The smallest absolute Gasteiger partial charge is 0.258 e. The summed E-state index contributed by atoms with van der Waals surface area (Å²) in [7, 11) is 0. The number of aryl methyl sites for hydroxylation is 2. The number of rotatable bonds is 4. The molecule has 116 valence electrons. The van der Waals surface area contributed by atoms with Crippen LogP contribution in [0.2, 0.25) is 0 Å². The second kappa shape index (κ2) is 6.22. The lowest BCUT2D eigenvalue weighted by Gasteiger charge is -2.23. The largest absolute Gasteiger partial charge is 0.483 e. The molecule has 0 saturated heterocycles. The number of amides is 1. The highest BCUT2D eigenvalue weighted by Crippen LogP contribution is 2.21. The zero-order valence-electron chi connectivity index (χ0n) is 13.0. The van der Waals surface area contributed by atoms with Gasteiger partial charge in [0.05, 0.1) is 6.20 Å². The zero-order valence-corrected chi connectivity index (χ0v) is 13.0. The normalized spacial score (nSPS) is 16.9. The summed E-state index contributed by atoms with van der Waals surface area (Å²) in [6.07, 6.45) is 4.58. The Bertz CT molecular complexity index is 678. The van der Waals surface area contributed by atoms with Gasteiger partial charge in [0.25, 0.3) is 5.91 Å². The predicted molar refractivity (Wildman–Crippen MR) is 84.0 cm³/mol. The lowest BCUT2D eigenvalue weighted by Crippen LogP contribution is -2.41. The van der Waals surface area contributed by atoms with E-state index in [1.807, 2.05) is 38.2 Å². The van der Waals surface area contributed by atoms with Crippen LogP contribution in [0.1, 0.15) is 28.8 Å². The second-order valence-electron chi connectivity index (χ2n) is 5.87. The van der Waals surface area contributed by atoms with Crippen molar-refractivity contribution in [2.24, 2.45) is 0 Å². The minimum absolute atomic E-state index is 0.0522. The van der Waals surface area contributed by atoms with Gasteiger partial charge in [-0.3, -0.25) is 9.89 Å². The first-order valence-corrected chi connectivity index (χ1v) is 7.63. The summed E-state index contributed by atoms with van der Waals surface area (Å²) in [5.74, 6) is 0.698. The van der Waals surface area contributed by atoms with E-state index in [-0.39, 0.29) is 18.6 Å². The molecule has 0 bridgehead atoms. The average Bonchev–Trinajstić information content (AvgIpc) is 2.96. The van der Waals surface area contributed by atoms with E-state index in [2.05, 4.69) is 15.5 Å². The molecule has 0 spiro atoms. The first-order valence-electron chi connectivity index (χ1n) is 7.63. The summed E-state index contributed by atoms with van der Waals surface area (Å²) in [5.41, 5.74) is 4.64. The Morgan fingerprint density at radius 3 is 3.18 bits per heavy atom. The van der Waals surface area contributed by atoms with Crippen molar-refractivity contribution in [1.82, 2.24) is 15.5 Å². The topological polar surface area (TPSA) is 67.0 Å². The molecule has 2 N–H and O–H groups in total. The Kier molecular flexibility index (Phi) is 4.13. The third kappa shape index (κ3) is 3.13. The summed E-state index contributed by atoms with van der Waals surface area (Å²) in [6, 6.07) is 6.03. The number of carbonyl (C=O) groups is 1. The Morgan fingerprint density at radius 2 is 2.32 bits per heavy atom. The summed E-state index contributed by atoms with van der Waals surface area (Å²) < 4.78 is 5.64. The molecule has 1 unspecified atom stereocenters. The van der Waals surface area contributed by atoms with E-state index in [4.69, 9.17) is 4.74 Å². The van der Waals surface area contributed by atoms with Crippen LogP contribution in [0.5, 0.6) is 5.75 Å². The number of hydrogen-bond donors (Lipinski definition) is 2. The van der Waals surface area contributed by atoms with Gasteiger partial charge in [-0.2, -0.15) is 5.10 Å². The minimum Gasteiger partial charge on any atom is -0.483 e. The fraction of sp³-hybridized carbons (Fsp3) is 0.412. The van der Waals surface area contributed by atoms with Crippen molar-refractivity contribution in [3.63, 3.8) is 0 Å². The minimum atomic E-state index is -0.0751. The van der Waals surface area contributed by atoms with Crippen molar-refractivity contribution in [1.29, 1.82) is 0 Å². The van der Waals surface area contributed by atoms with Crippen molar-refractivity contribution < 1.29 is 9.53 Å². The number of hydrogen-bond acceptors (Lipinski definition) is 3. The fourth-order valence-corrected chi connectivity index (χ4v) is 2.82. The zero-order chi connectivity index (χ0) is 15.5. The monoisotopic (exact) mass is 299 g/mol. The number of aromatic amines is 1. The van der Waals surface area contributed by atoms with Gasteiger partial charge in [-0.25, -0.2) is 0 Å². The van der Waals surface area contributed by atoms with Crippen LogP contribution in [0.25, 0.3) is 0 Å². The molecular weight excluding hydrogens is 278 g/mol. The number of fused-ring (bicyclic) bond motifs is 1. The summed E-state index contributed by atoms with van der Waals surface area (Å²) in [5, 5.41) is 10.1. The van der Waals surface area contributed by atoms with E-state index < -0.39 is 0 Å². The number of carbonyl (C=O) groups excluding carboxylic acids is 1. The Balaban J connectivity index is 1.52. The lowest BCUT2D eigenvalue weighted by molar-refractivity contribution is -0.123. The molecule has 0 aliphatic heterocycles. The quantitative estimate of drug-likeness (QED) is 0.908. The molecule has 3 rings (SSSR count). The molecule has 0 saturated carbocycles. The molecule has 5 nitrogen and oxygen atoms in total. The van der Waals surface area contributed by atoms with Crippen LogP contribution in [-0.4, -0.2) is 28.8 Å². The van der Waals surface area contributed by atoms with Gasteiger partial charge in [-0.15, -0.1) is 0 Å². The number of H-pyrrole nitrogens is 1. The maximum atomic E-state index is 12.1. The van der Waals surface area contributed by atoms with Gasteiger partial charge in [-0.1, -0.05) is 12.1 Å². The number of benzene rings is 1. The molecule has 1 aromatic carbocycles. The van der Waals surface area contributed by atoms with Crippen molar-refractivity contribution >= 4 is 5.91 Å². The van der Waals surface area contributed by atoms with Crippen molar-refractivity contribution in [3.8, 4) is 5.75 Å². The number of aromatic nitrogens is 2. The molecule has 1 aliphatic carbocycles. The molecule has 5 heteroatoms. The average molecular weight is 299 g/mol. The highest BCUT2D eigenvalue weighted by Gasteiger charge is 2.21. The molecular formula is C17H21N3O2. The molecule has 0 fully saturated rings. The van der Waals surface area contributed by atoms with E-state index in [0.29, 0.717) is 0 Å². The van der Waals surface area contributed by atoms with Crippen molar-refractivity contribution in [2.45, 2.75) is 39.2 Å². The molecule has 1 aliphatic rings. The van der Waals surface area contributed by atoms with Gasteiger partial charge in [0.1, 0.15) is 5.75 Å². The van der Waals surface area contributed by atoms with Gasteiger partial charge in [0.2, 0.25) is 0 Å². The van der Waals surface area contributed by atoms with Crippen LogP contribution < -0.4 is 10.1 Å². The van der Waals surface area contributed by atoms with E-state index in [0.717, 1.165) is 41.8 Å². The fourth-order valence-electron chi connectivity index (χ4n) is 2.82. The number of ether oxygens (including phenoxy) is 1. The van der Waals surface area contributed by atoms with Crippen LogP contribution >= 0.6 is 0 Å².